The molecule has 0 spiro atoms. The van der Waals surface area contributed by atoms with Gasteiger partial charge in [0.05, 0.1) is 6.42 Å². The van der Waals surface area contributed by atoms with Gasteiger partial charge in [-0.15, -0.1) is 0 Å². The van der Waals surface area contributed by atoms with Crippen molar-refractivity contribution in [2.24, 2.45) is 0 Å². The molecule has 0 saturated heterocycles. The molecule has 0 aliphatic carbocycles. The molecule has 1 heterocycles. The molecule has 0 atom stereocenters. The van der Waals surface area contributed by atoms with E-state index in [1.165, 1.54) is 10.8 Å². The first-order valence-electron chi connectivity index (χ1n) is 7.64. The van der Waals surface area contributed by atoms with Crippen molar-refractivity contribution < 1.29 is 4.79 Å². The lowest BCUT2D eigenvalue weighted by Gasteiger charge is -2.05. The first kappa shape index (κ1) is 13.6. The molecule has 1 amide bonds. The van der Waals surface area contributed by atoms with Crippen LogP contribution >= 0.6 is 0 Å². The van der Waals surface area contributed by atoms with Crippen molar-refractivity contribution in [2.75, 3.05) is 5.32 Å². The normalized spacial score (nSPS) is 11.0. The highest BCUT2D eigenvalue weighted by Crippen LogP contribution is 2.27. The van der Waals surface area contributed by atoms with Crippen LogP contribution < -0.4 is 5.32 Å². The van der Waals surface area contributed by atoms with Crippen LogP contribution in [0.4, 0.5) is 5.69 Å². The van der Waals surface area contributed by atoms with E-state index in [4.69, 9.17) is 0 Å². The number of aromatic nitrogens is 1. The van der Waals surface area contributed by atoms with Gasteiger partial charge in [-0.25, -0.2) is 0 Å². The van der Waals surface area contributed by atoms with Gasteiger partial charge < -0.3 is 10.3 Å². The summed E-state index contributed by atoms with van der Waals surface area (Å²) in [5, 5.41) is 5.33. The number of carbonyl (C=O) groups excluding carboxylic acids is 1. The molecule has 3 heteroatoms. The molecule has 0 radical (unpaired) electrons. The largest absolute Gasteiger partial charge is 0.354 e. The molecule has 3 aromatic carbocycles. The molecule has 0 fully saturated rings. The SMILES string of the molecule is O=C(Cc1ccccc1)Nc1ccc2c(c1)[nH]c1ccccc12. The van der Waals surface area contributed by atoms with Gasteiger partial charge in [0.15, 0.2) is 0 Å². The Kier molecular flexibility index (Phi) is 3.31. The molecule has 0 bridgehead atoms. The van der Waals surface area contributed by atoms with Gasteiger partial charge in [-0.1, -0.05) is 54.6 Å². The number of carbonyl (C=O) groups is 1. The number of nitrogens with one attached hydrogen (secondary N) is 2. The molecular weight excluding hydrogens is 284 g/mol. The monoisotopic (exact) mass is 300 g/mol. The highest BCUT2D eigenvalue weighted by Gasteiger charge is 2.07. The van der Waals surface area contributed by atoms with E-state index in [1.807, 2.05) is 60.7 Å². The average Bonchev–Trinajstić information content (AvgIpc) is 2.93. The molecule has 0 aliphatic heterocycles. The zero-order valence-electron chi connectivity index (χ0n) is 12.5. The molecule has 0 aliphatic rings. The minimum Gasteiger partial charge on any atom is -0.354 e. The number of rotatable bonds is 3. The van der Waals surface area contributed by atoms with Gasteiger partial charge >= 0.3 is 0 Å². The predicted molar refractivity (Wildman–Crippen MR) is 94.6 cm³/mol. The van der Waals surface area contributed by atoms with Gasteiger partial charge in [-0.05, 0) is 23.8 Å². The summed E-state index contributed by atoms with van der Waals surface area (Å²) >= 11 is 0. The van der Waals surface area contributed by atoms with Gasteiger partial charge in [-0.3, -0.25) is 4.79 Å². The van der Waals surface area contributed by atoms with Crippen LogP contribution in [0.25, 0.3) is 21.8 Å². The summed E-state index contributed by atoms with van der Waals surface area (Å²) in [5.41, 5.74) is 3.96. The maximum atomic E-state index is 12.2. The summed E-state index contributed by atoms with van der Waals surface area (Å²) in [4.78, 5) is 15.6. The van der Waals surface area contributed by atoms with Crippen molar-refractivity contribution in [1.29, 1.82) is 0 Å². The quantitative estimate of drug-likeness (QED) is 0.575. The summed E-state index contributed by atoms with van der Waals surface area (Å²) < 4.78 is 0. The second kappa shape index (κ2) is 5.61. The van der Waals surface area contributed by atoms with Crippen molar-refractivity contribution in [3.63, 3.8) is 0 Å². The van der Waals surface area contributed by atoms with E-state index in [1.54, 1.807) is 0 Å². The first-order chi connectivity index (χ1) is 11.3. The van der Waals surface area contributed by atoms with E-state index in [0.717, 1.165) is 22.3 Å². The molecule has 2 N–H and O–H groups in total. The number of hydrogen-bond donors (Lipinski definition) is 2. The van der Waals surface area contributed by atoms with Gasteiger partial charge in [0, 0.05) is 27.5 Å². The van der Waals surface area contributed by atoms with E-state index in [2.05, 4.69) is 22.4 Å². The van der Waals surface area contributed by atoms with Crippen LogP contribution in [0.5, 0.6) is 0 Å². The van der Waals surface area contributed by atoms with Crippen molar-refractivity contribution >= 4 is 33.4 Å². The minimum atomic E-state index is -0.00772. The smallest absolute Gasteiger partial charge is 0.228 e. The predicted octanol–water partition coefficient (Wildman–Crippen LogP) is 4.50. The summed E-state index contributed by atoms with van der Waals surface area (Å²) in [6.07, 6.45) is 0.381. The number of amides is 1. The van der Waals surface area contributed by atoms with Gasteiger partial charge in [0.2, 0.25) is 5.91 Å². The Hall–Kier alpha value is -3.07. The number of para-hydroxylation sites is 1. The molecule has 112 valence electrons. The number of fused-ring (bicyclic) bond motifs is 3. The third kappa shape index (κ3) is 2.69. The van der Waals surface area contributed by atoms with E-state index in [-0.39, 0.29) is 5.91 Å². The molecule has 3 nitrogen and oxygen atoms in total. The Morgan fingerprint density at radius 2 is 1.57 bits per heavy atom. The molecule has 0 unspecified atom stereocenters. The fourth-order valence-electron chi connectivity index (χ4n) is 2.92. The van der Waals surface area contributed by atoms with E-state index in [9.17, 15) is 4.79 Å². The van der Waals surface area contributed by atoms with E-state index < -0.39 is 0 Å². The van der Waals surface area contributed by atoms with Crippen LogP contribution in [0, 0.1) is 0 Å². The summed E-state index contributed by atoms with van der Waals surface area (Å²) in [5.74, 6) is -0.00772. The first-order valence-corrected chi connectivity index (χ1v) is 7.64. The van der Waals surface area contributed by atoms with Gasteiger partial charge in [-0.2, -0.15) is 0 Å². The Morgan fingerprint density at radius 3 is 2.43 bits per heavy atom. The fraction of sp³-hybridized carbons (Fsp3) is 0.0500. The molecule has 4 rings (SSSR count). The van der Waals surface area contributed by atoms with Crippen LogP contribution in [-0.2, 0) is 11.2 Å². The number of hydrogen-bond acceptors (Lipinski definition) is 1. The van der Waals surface area contributed by atoms with Crippen molar-refractivity contribution in [3.8, 4) is 0 Å². The lowest BCUT2D eigenvalue weighted by molar-refractivity contribution is -0.115. The lowest BCUT2D eigenvalue weighted by Crippen LogP contribution is -2.14. The van der Waals surface area contributed by atoms with Crippen LogP contribution in [0.15, 0.2) is 72.8 Å². The van der Waals surface area contributed by atoms with Crippen LogP contribution in [0.2, 0.25) is 0 Å². The second-order valence-electron chi connectivity index (χ2n) is 5.64. The van der Waals surface area contributed by atoms with Crippen LogP contribution in [-0.4, -0.2) is 10.9 Å². The Bertz CT molecular complexity index is 986. The minimum absolute atomic E-state index is 0.00772. The maximum absolute atomic E-state index is 12.2. The van der Waals surface area contributed by atoms with Crippen molar-refractivity contribution in [2.45, 2.75) is 6.42 Å². The van der Waals surface area contributed by atoms with Gasteiger partial charge in [0.25, 0.3) is 0 Å². The van der Waals surface area contributed by atoms with E-state index >= 15 is 0 Å². The molecule has 0 saturated carbocycles. The van der Waals surface area contributed by atoms with Gasteiger partial charge in [0.1, 0.15) is 0 Å². The van der Waals surface area contributed by atoms with Crippen LogP contribution in [0.1, 0.15) is 5.56 Å². The molecule has 4 aromatic rings. The zero-order valence-corrected chi connectivity index (χ0v) is 12.5. The van der Waals surface area contributed by atoms with Crippen molar-refractivity contribution in [3.05, 3.63) is 78.4 Å². The average molecular weight is 300 g/mol. The standard InChI is InChI=1S/C20H16N2O/c23-20(12-14-6-2-1-3-7-14)21-15-10-11-17-16-8-4-5-9-18(16)22-19(17)13-15/h1-11,13,22H,12H2,(H,21,23). The highest BCUT2D eigenvalue weighted by molar-refractivity contribution is 6.08. The van der Waals surface area contributed by atoms with E-state index in [0.29, 0.717) is 6.42 Å². The summed E-state index contributed by atoms with van der Waals surface area (Å²) in [6, 6.07) is 23.9. The lowest BCUT2D eigenvalue weighted by atomic mass is 10.1. The Labute approximate surface area is 134 Å². The highest BCUT2D eigenvalue weighted by atomic mass is 16.1. The number of benzene rings is 3. The topological polar surface area (TPSA) is 44.9 Å². The molecular formula is C20H16N2O. The number of aromatic amines is 1. The number of H-pyrrole nitrogens is 1. The second-order valence-corrected chi connectivity index (χ2v) is 5.64. The fourth-order valence-corrected chi connectivity index (χ4v) is 2.92. The van der Waals surface area contributed by atoms with Crippen LogP contribution in [0.3, 0.4) is 0 Å². The number of anilines is 1. The third-order valence-electron chi connectivity index (χ3n) is 4.00. The Morgan fingerprint density at radius 1 is 0.826 bits per heavy atom. The third-order valence-corrected chi connectivity index (χ3v) is 4.00. The summed E-state index contributed by atoms with van der Waals surface area (Å²) in [6.45, 7) is 0. The Balaban J connectivity index is 1.59. The molecule has 23 heavy (non-hydrogen) atoms. The zero-order chi connectivity index (χ0) is 15.6. The summed E-state index contributed by atoms with van der Waals surface area (Å²) in [7, 11) is 0. The maximum Gasteiger partial charge on any atom is 0.228 e. The molecule has 1 aromatic heterocycles. The van der Waals surface area contributed by atoms with Crippen molar-refractivity contribution in [1.82, 2.24) is 4.98 Å².